The summed E-state index contributed by atoms with van der Waals surface area (Å²) in [5, 5.41) is 4.20. The highest BCUT2D eigenvalue weighted by atomic mass is 32.2. The van der Waals surface area contributed by atoms with Gasteiger partial charge in [0.05, 0.1) is 5.37 Å². The summed E-state index contributed by atoms with van der Waals surface area (Å²) < 4.78 is 0. The Kier molecular flexibility index (Phi) is 4.44. The molecule has 0 amide bonds. The minimum Gasteiger partial charge on any atom is -0.304 e. The highest BCUT2D eigenvalue weighted by Gasteiger charge is 2.28. The molecule has 2 aromatic rings. The molecule has 1 N–H and O–H groups in total. The third-order valence-corrected chi connectivity index (χ3v) is 5.41. The summed E-state index contributed by atoms with van der Waals surface area (Å²) in [5.41, 5.74) is 2.80. The first-order chi connectivity index (χ1) is 9.84. The second-order valence-corrected chi connectivity index (χ2v) is 6.74. The Bertz CT molecular complexity index is 478. The van der Waals surface area contributed by atoms with Crippen molar-refractivity contribution in [1.82, 2.24) is 5.32 Å². The van der Waals surface area contributed by atoms with Crippen LogP contribution in [0.2, 0.25) is 0 Å². The lowest BCUT2D eigenvalue weighted by Gasteiger charge is -2.34. The Balaban J connectivity index is 1.92. The van der Waals surface area contributed by atoms with Crippen LogP contribution in [0.1, 0.15) is 24.0 Å². The van der Waals surface area contributed by atoms with Gasteiger partial charge in [-0.25, -0.2) is 0 Å². The Labute approximate surface area is 125 Å². The summed E-state index contributed by atoms with van der Waals surface area (Å²) in [6.07, 6.45) is 0. The number of hydrogen-bond acceptors (Lipinski definition) is 2. The lowest BCUT2D eigenvalue weighted by molar-refractivity contribution is 0.497. The summed E-state index contributed by atoms with van der Waals surface area (Å²) in [6, 6.07) is 21.7. The van der Waals surface area contributed by atoms with Crippen LogP contribution in [0.3, 0.4) is 0 Å². The van der Waals surface area contributed by atoms with Crippen LogP contribution < -0.4 is 5.32 Å². The molecule has 0 radical (unpaired) electrons. The molecule has 2 heteroatoms. The van der Waals surface area contributed by atoms with Crippen molar-refractivity contribution in [3.63, 3.8) is 0 Å². The maximum Gasteiger partial charge on any atom is 0.0642 e. The van der Waals surface area contributed by atoms with Gasteiger partial charge in [-0.3, -0.25) is 0 Å². The van der Waals surface area contributed by atoms with E-state index in [-0.39, 0.29) is 0 Å². The molecule has 0 aromatic heterocycles. The van der Waals surface area contributed by atoms with Gasteiger partial charge in [-0.1, -0.05) is 67.6 Å². The van der Waals surface area contributed by atoms with Crippen molar-refractivity contribution in [2.24, 2.45) is 5.92 Å². The van der Waals surface area contributed by atoms with E-state index in [1.54, 1.807) is 0 Å². The number of nitrogens with one attached hydrogen (secondary N) is 1. The molecule has 2 atom stereocenters. The minimum absolute atomic E-state index is 0.426. The molecule has 0 spiro atoms. The minimum atomic E-state index is 0.426. The molecular weight excluding hydrogens is 262 g/mol. The smallest absolute Gasteiger partial charge is 0.0642 e. The van der Waals surface area contributed by atoms with Gasteiger partial charge >= 0.3 is 0 Å². The number of hydrogen-bond donors (Lipinski definition) is 1. The van der Waals surface area contributed by atoms with Crippen molar-refractivity contribution in [3.8, 4) is 0 Å². The Morgan fingerprint density at radius 2 is 1.50 bits per heavy atom. The van der Waals surface area contributed by atoms with Crippen molar-refractivity contribution >= 4 is 11.8 Å². The first-order valence-corrected chi connectivity index (χ1v) is 8.34. The van der Waals surface area contributed by atoms with Crippen LogP contribution in [0.4, 0.5) is 0 Å². The zero-order valence-electron chi connectivity index (χ0n) is 11.8. The van der Waals surface area contributed by atoms with E-state index < -0.39 is 0 Å². The van der Waals surface area contributed by atoms with Crippen LogP contribution in [0.25, 0.3) is 0 Å². The van der Waals surface area contributed by atoms with E-state index in [2.05, 4.69) is 84.7 Å². The van der Waals surface area contributed by atoms with Gasteiger partial charge < -0.3 is 5.32 Å². The molecule has 1 heterocycles. The summed E-state index contributed by atoms with van der Waals surface area (Å²) >= 11 is 2.06. The van der Waals surface area contributed by atoms with Crippen LogP contribution in [-0.4, -0.2) is 17.7 Å². The van der Waals surface area contributed by atoms with Crippen LogP contribution in [0.15, 0.2) is 60.7 Å². The van der Waals surface area contributed by atoms with Gasteiger partial charge in [-0.05, 0) is 29.3 Å². The highest BCUT2D eigenvalue weighted by Crippen LogP contribution is 2.35. The fraction of sp³-hybridized carbons (Fsp3) is 0.333. The molecule has 2 aromatic carbocycles. The number of thioether (sulfide) groups is 1. The maximum absolute atomic E-state index is 3.73. The third kappa shape index (κ3) is 3.08. The first-order valence-electron chi connectivity index (χ1n) is 7.29. The predicted octanol–water partition coefficient (Wildman–Crippen LogP) is 4.12. The van der Waals surface area contributed by atoms with E-state index in [0.717, 1.165) is 12.5 Å². The summed E-state index contributed by atoms with van der Waals surface area (Å²) in [6.45, 7) is 3.43. The Hall–Kier alpha value is -1.25. The SMILES string of the molecule is CC1CNC(C(c2ccccc2)c2ccccc2)SC1. The molecule has 0 bridgehead atoms. The topological polar surface area (TPSA) is 12.0 Å². The predicted molar refractivity (Wildman–Crippen MR) is 88.1 cm³/mol. The van der Waals surface area contributed by atoms with Gasteiger partial charge in [0.2, 0.25) is 0 Å². The molecule has 2 unspecified atom stereocenters. The molecule has 3 rings (SSSR count). The van der Waals surface area contributed by atoms with Gasteiger partial charge in [0.25, 0.3) is 0 Å². The Morgan fingerprint density at radius 3 is 1.95 bits per heavy atom. The van der Waals surface area contributed by atoms with Crippen molar-refractivity contribution in [2.75, 3.05) is 12.3 Å². The number of benzene rings is 2. The molecule has 104 valence electrons. The number of rotatable bonds is 3. The van der Waals surface area contributed by atoms with Crippen LogP contribution >= 0.6 is 11.8 Å². The molecule has 1 aliphatic rings. The van der Waals surface area contributed by atoms with Gasteiger partial charge in [-0.2, -0.15) is 0 Å². The van der Waals surface area contributed by atoms with E-state index in [0.29, 0.717) is 11.3 Å². The molecule has 0 saturated carbocycles. The van der Waals surface area contributed by atoms with Crippen molar-refractivity contribution in [2.45, 2.75) is 18.2 Å². The lowest BCUT2D eigenvalue weighted by Crippen LogP contribution is -2.40. The normalized spacial score (nSPS) is 22.9. The fourth-order valence-electron chi connectivity index (χ4n) is 2.78. The third-order valence-electron chi connectivity index (χ3n) is 3.85. The highest BCUT2D eigenvalue weighted by molar-refractivity contribution is 7.99. The average molecular weight is 283 g/mol. The fourth-order valence-corrected chi connectivity index (χ4v) is 4.15. The molecule has 1 fully saturated rings. The zero-order valence-corrected chi connectivity index (χ0v) is 12.6. The van der Waals surface area contributed by atoms with Gasteiger partial charge in [0.1, 0.15) is 0 Å². The second-order valence-electron chi connectivity index (χ2n) is 5.57. The summed E-state index contributed by atoms with van der Waals surface area (Å²) in [7, 11) is 0. The van der Waals surface area contributed by atoms with E-state index in [1.165, 1.54) is 16.9 Å². The van der Waals surface area contributed by atoms with Crippen LogP contribution in [0.5, 0.6) is 0 Å². The summed E-state index contributed by atoms with van der Waals surface area (Å²) in [5.74, 6) is 2.44. The zero-order chi connectivity index (χ0) is 13.8. The van der Waals surface area contributed by atoms with Gasteiger partial charge in [0.15, 0.2) is 0 Å². The van der Waals surface area contributed by atoms with Crippen molar-refractivity contribution in [1.29, 1.82) is 0 Å². The van der Waals surface area contributed by atoms with Crippen LogP contribution in [-0.2, 0) is 0 Å². The molecule has 0 aliphatic carbocycles. The van der Waals surface area contributed by atoms with Gasteiger partial charge in [-0.15, -0.1) is 11.8 Å². The standard InChI is InChI=1S/C18H21NS/c1-14-12-19-18(20-13-14)17(15-8-4-2-5-9-15)16-10-6-3-7-11-16/h2-11,14,17-19H,12-13H2,1H3. The molecule has 20 heavy (non-hydrogen) atoms. The van der Waals surface area contributed by atoms with Crippen LogP contribution in [0, 0.1) is 5.92 Å². The molecule has 1 nitrogen and oxygen atoms in total. The van der Waals surface area contributed by atoms with E-state index in [9.17, 15) is 0 Å². The average Bonchev–Trinajstić information content (AvgIpc) is 2.52. The monoisotopic (exact) mass is 283 g/mol. The molecular formula is C18H21NS. The largest absolute Gasteiger partial charge is 0.304 e. The molecule has 1 aliphatic heterocycles. The lowest BCUT2D eigenvalue weighted by atomic mass is 9.90. The van der Waals surface area contributed by atoms with Crippen molar-refractivity contribution in [3.05, 3.63) is 71.8 Å². The second kappa shape index (κ2) is 6.47. The van der Waals surface area contributed by atoms with Crippen molar-refractivity contribution < 1.29 is 0 Å². The van der Waals surface area contributed by atoms with E-state index >= 15 is 0 Å². The maximum atomic E-state index is 3.73. The summed E-state index contributed by atoms with van der Waals surface area (Å²) in [4.78, 5) is 0. The quantitative estimate of drug-likeness (QED) is 0.909. The van der Waals surface area contributed by atoms with E-state index in [1.807, 2.05) is 0 Å². The van der Waals surface area contributed by atoms with Gasteiger partial charge in [0, 0.05) is 5.92 Å². The first kappa shape index (κ1) is 13.7. The van der Waals surface area contributed by atoms with E-state index in [4.69, 9.17) is 0 Å². The Morgan fingerprint density at radius 1 is 0.950 bits per heavy atom. The molecule has 1 saturated heterocycles.